The summed E-state index contributed by atoms with van der Waals surface area (Å²) in [5, 5.41) is 11.0. The zero-order valence-electron chi connectivity index (χ0n) is 8.38. The lowest BCUT2D eigenvalue weighted by atomic mass is 10.2. The first-order valence-electron chi connectivity index (χ1n) is 4.37. The van der Waals surface area contributed by atoms with E-state index in [9.17, 15) is 10.1 Å². The molecule has 0 bridgehead atoms. The van der Waals surface area contributed by atoms with E-state index >= 15 is 0 Å². The van der Waals surface area contributed by atoms with Crippen LogP contribution in [0.15, 0.2) is 18.2 Å². The smallest absolute Gasteiger partial charge is 0.318 e. The van der Waals surface area contributed by atoms with Crippen molar-refractivity contribution in [2.75, 3.05) is 12.8 Å². The fourth-order valence-electron chi connectivity index (χ4n) is 1.32. The Morgan fingerprint density at radius 2 is 2.19 bits per heavy atom. The molecule has 0 spiro atoms. The molecule has 7 nitrogen and oxygen atoms in total. The van der Waals surface area contributed by atoms with Gasteiger partial charge in [-0.15, -0.1) is 0 Å². The Bertz CT molecular complexity index is 570. The molecule has 1 aromatic heterocycles. The Morgan fingerprint density at radius 3 is 2.81 bits per heavy atom. The minimum absolute atomic E-state index is 0.0482. The normalized spacial score (nSPS) is 10.3. The maximum absolute atomic E-state index is 10.6. The Hall–Kier alpha value is -2.44. The summed E-state index contributed by atoms with van der Waals surface area (Å²) in [7, 11) is 1.42. The molecule has 0 aliphatic heterocycles. The molecule has 0 unspecified atom stereocenters. The molecule has 1 heterocycles. The average Bonchev–Trinajstić information content (AvgIpc) is 2.28. The van der Waals surface area contributed by atoms with Crippen LogP contribution in [0.1, 0.15) is 0 Å². The Labute approximate surface area is 90.0 Å². The van der Waals surface area contributed by atoms with Crippen LogP contribution in [-0.2, 0) is 0 Å². The van der Waals surface area contributed by atoms with Crippen LogP contribution >= 0.6 is 0 Å². The van der Waals surface area contributed by atoms with E-state index in [4.69, 9.17) is 10.5 Å². The van der Waals surface area contributed by atoms with E-state index < -0.39 is 4.92 Å². The molecule has 0 saturated heterocycles. The third kappa shape index (κ3) is 1.58. The standard InChI is InChI=1S/C9H8N4O3/c1-16-9-11-7-3-2-5(13(14)15)4-6(7)8(10)12-9/h2-4H,1H3,(H2,10,11,12). The second-order valence-electron chi connectivity index (χ2n) is 3.05. The average molecular weight is 220 g/mol. The summed E-state index contributed by atoms with van der Waals surface area (Å²) in [6.07, 6.45) is 0. The summed E-state index contributed by atoms with van der Waals surface area (Å²) in [5.74, 6) is 0.158. The summed E-state index contributed by atoms with van der Waals surface area (Å²) in [6.45, 7) is 0. The van der Waals surface area contributed by atoms with Crippen molar-refractivity contribution in [3.8, 4) is 6.01 Å². The monoisotopic (exact) mass is 220 g/mol. The predicted molar refractivity (Wildman–Crippen MR) is 57.2 cm³/mol. The van der Waals surface area contributed by atoms with Gasteiger partial charge in [-0.1, -0.05) is 0 Å². The molecule has 7 heteroatoms. The summed E-state index contributed by atoms with van der Waals surface area (Å²) >= 11 is 0. The van der Waals surface area contributed by atoms with Gasteiger partial charge in [0.25, 0.3) is 5.69 Å². The SMILES string of the molecule is COc1nc(N)c2cc([N+](=O)[O-])ccc2n1. The topological polar surface area (TPSA) is 104 Å². The minimum atomic E-state index is -0.497. The third-order valence-electron chi connectivity index (χ3n) is 2.08. The van der Waals surface area contributed by atoms with Crippen molar-refractivity contribution in [2.24, 2.45) is 0 Å². The van der Waals surface area contributed by atoms with Gasteiger partial charge >= 0.3 is 6.01 Å². The number of anilines is 1. The number of aromatic nitrogens is 2. The van der Waals surface area contributed by atoms with Crippen LogP contribution in [0.25, 0.3) is 10.9 Å². The van der Waals surface area contributed by atoms with E-state index in [0.29, 0.717) is 10.9 Å². The lowest BCUT2D eigenvalue weighted by Gasteiger charge is -2.03. The van der Waals surface area contributed by atoms with Crippen LogP contribution in [0.5, 0.6) is 6.01 Å². The number of hydrogen-bond donors (Lipinski definition) is 1. The minimum Gasteiger partial charge on any atom is -0.467 e. The van der Waals surface area contributed by atoms with Gasteiger partial charge in [0.2, 0.25) is 0 Å². The van der Waals surface area contributed by atoms with Crippen molar-refractivity contribution >= 4 is 22.4 Å². The number of non-ortho nitro benzene ring substituents is 1. The molecular weight excluding hydrogens is 212 g/mol. The highest BCUT2D eigenvalue weighted by Crippen LogP contribution is 2.24. The second kappa shape index (κ2) is 3.61. The Kier molecular flexibility index (Phi) is 2.28. The van der Waals surface area contributed by atoms with Crippen molar-refractivity contribution < 1.29 is 9.66 Å². The molecule has 0 amide bonds. The molecule has 0 radical (unpaired) electrons. The third-order valence-corrected chi connectivity index (χ3v) is 2.08. The maximum Gasteiger partial charge on any atom is 0.318 e. The van der Waals surface area contributed by atoms with Crippen molar-refractivity contribution in [2.45, 2.75) is 0 Å². The summed E-state index contributed by atoms with van der Waals surface area (Å²) in [6, 6.07) is 4.34. The Morgan fingerprint density at radius 1 is 1.44 bits per heavy atom. The number of nitrogen functional groups attached to an aromatic ring is 1. The van der Waals surface area contributed by atoms with Crippen LogP contribution < -0.4 is 10.5 Å². The zero-order valence-corrected chi connectivity index (χ0v) is 8.38. The molecule has 0 atom stereocenters. The number of nitrogens with two attached hydrogens (primary N) is 1. The lowest BCUT2D eigenvalue weighted by Crippen LogP contribution is -1.99. The zero-order chi connectivity index (χ0) is 11.7. The van der Waals surface area contributed by atoms with Gasteiger partial charge in [0, 0.05) is 17.5 Å². The van der Waals surface area contributed by atoms with E-state index in [1.807, 2.05) is 0 Å². The number of rotatable bonds is 2. The van der Waals surface area contributed by atoms with E-state index in [1.165, 1.54) is 25.3 Å². The highest BCUT2D eigenvalue weighted by Gasteiger charge is 2.11. The van der Waals surface area contributed by atoms with Gasteiger partial charge in [0.05, 0.1) is 17.5 Å². The number of fused-ring (bicyclic) bond motifs is 1. The molecule has 82 valence electrons. The molecule has 2 aromatic rings. The number of nitrogens with zero attached hydrogens (tertiary/aromatic N) is 3. The molecule has 2 N–H and O–H groups in total. The molecule has 0 aliphatic carbocycles. The van der Waals surface area contributed by atoms with Gasteiger partial charge < -0.3 is 10.5 Å². The van der Waals surface area contributed by atoms with Crippen LogP contribution in [0.3, 0.4) is 0 Å². The Balaban J connectivity index is 2.70. The number of nitro groups is 1. The van der Waals surface area contributed by atoms with E-state index in [1.54, 1.807) is 0 Å². The van der Waals surface area contributed by atoms with Crippen molar-refractivity contribution in [3.05, 3.63) is 28.3 Å². The lowest BCUT2D eigenvalue weighted by molar-refractivity contribution is -0.384. The van der Waals surface area contributed by atoms with Crippen LogP contribution in [-0.4, -0.2) is 22.0 Å². The number of ether oxygens (including phenoxy) is 1. The van der Waals surface area contributed by atoms with Gasteiger partial charge in [-0.05, 0) is 6.07 Å². The van der Waals surface area contributed by atoms with Crippen molar-refractivity contribution in [1.29, 1.82) is 0 Å². The number of nitro benzene ring substituents is 1. The van der Waals surface area contributed by atoms with Gasteiger partial charge in [0.15, 0.2) is 0 Å². The summed E-state index contributed by atoms with van der Waals surface area (Å²) < 4.78 is 4.84. The number of benzene rings is 1. The van der Waals surface area contributed by atoms with Crippen LogP contribution in [0, 0.1) is 10.1 Å². The van der Waals surface area contributed by atoms with E-state index in [-0.39, 0.29) is 17.5 Å². The second-order valence-corrected chi connectivity index (χ2v) is 3.05. The molecule has 0 aliphatic rings. The number of hydrogen-bond acceptors (Lipinski definition) is 6. The first-order chi connectivity index (χ1) is 7.61. The van der Waals surface area contributed by atoms with E-state index in [0.717, 1.165) is 0 Å². The molecule has 2 rings (SSSR count). The number of methoxy groups -OCH3 is 1. The van der Waals surface area contributed by atoms with Crippen LogP contribution in [0.2, 0.25) is 0 Å². The highest BCUT2D eigenvalue weighted by molar-refractivity contribution is 5.90. The first-order valence-corrected chi connectivity index (χ1v) is 4.37. The van der Waals surface area contributed by atoms with Crippen molar-refractivity contribution in [3.63, 3.8) is 0 Å². The fourth-order valence-corrected chi connectivity index (χ4v) is 1.32. The molecule has 16 heavy (non-hydrogen) atoms. The van der Waals surface area contributed by atoms with E-state index in [2.05, 4.69) is 9.97 Å². The van der Waals surface area contributed by atoms with Gasteiger partial charge in [-0.3, -0.25) is 10.1 Å². The summed E-state index contributed by atoms with van der Waals surface area (Å²) in [4.78, 5) is 17.9. The first kappa shape index (κ1) is 10.1. The predicted octanol–water partition coefficient (Wildman–Crippen LogP) is 1.13. The largest absolute Gasteiger partial charge is 0.467 e. The fraction of sp³-hybridized carbons (Fsp3) is 0.111. The van der Waals surface area contributed by atoms with Gasteiger partial charge in [-0.2, -0.15) is 9.97 Å². The highest BCUT2D eigenvalue weighted by atomic mass is 16.6. The van der Waals surface area contributed by atoms with Crippen molar-refractivity contribution in [1.82, 2.24) is 9.97 Å². The molecule has 0 fully saturated rings. The summed E-state index contributed by atoms with van der Waals surface area (Å²) in [5.41, 5.74) is 6.11. The van der Waals surface area contributed by atoms with Crippen LogP contribution in [0.4, 0.5) is 11.5 Å². The maximum atomic E-state index is 10.6. The molecule has 0 saturated carbocycles. The quantitative estimate of drug-likeness (QED) is 0.600. The molecular formula is C9H8N4O3. The van der Waals surface area contributed by atoms with Gasteiger partial charge in [0.1, 0.15) is 5.82 Å². The molecule has 1 aromatic carbocycles. The van der Waals surface area contributed by atoms with Gasteiger partial charge in [-0.25, -0.2) is 0 Å².